The van der Waals surface area contributed by atoms with Crippen LogP contribution in [0.25, 0.3) is 11.6 Å². The zero-order valence-corrected chi connectivity index (χ0v) is 11.8. The second-order valence-corrected chi connectivity index (χ2v) is 4.67. The van der Waals surface area contributed by atoms with Gasteiger partial charge in [0.1, 0.15) is 24.8 Å². The van der Waals surface area contributed by atoms with Gasteiger partial charge in [0.25, 0.3) is 5.82 Å². The summed E-state index contributed by atoms with van der Waals surface area (Å²) in [5, 5.41) is 0. The molecule has 0 spiro atoms. The lowest BCUT2D eigenvalue weighted by Crippen LogP contribution is -2.24. The van der Waals surface area contributed by atoms with Crippen LogP contribution in [0.15, 0.2) is 49.6 Å². The maximum absolute atomic E-state index is 5.40. The van der Waals surface area contributed by atoms with Crippen LogP contribution in [-0.2, 0) is 14.1 Å². The molecule has 102 valence electrons. The molecule has 6 nitrogen and oxygen atoms in total. The molecule has 3 aromatic rings. The fourth-order valence-electron chi connectivity index (χ4n) is 2.07. The summed E-state index contributed by atoms with van der Waals surface area (Å²) in [5.74, 6) is 2.35. The molecule has 0 saturated carbocycles. The van der Waals surface area contributed by atoms with Gasteiger partial charge in [0.2, 0.25) is 18.5 Å². The van der Waals surface area contributed by atoms with Crippen molar-refractivity contribution >= 4 is 0 Å². The summed E-state index contributed by atoms with van der Waals surface area (Å²) in [6.07, 6.45) is 11.8. The minimum atomic E-state index is 0.737. The lowest BCUT2D eigenvalue weighted by atomic mass is 10.4. The highest BCUT2D eigenvalue weighted by Crippen LogP contribution is 2.21. The molecule has 0 fully saturated rings. The summed E-state index contributed by atoms with van der Waals surface area (Å²) in [6.45, 7) is 0. The molecule has 0 bridgehead atoms. The van der Waals surface area contributed by atoms with E-state index < -0.39 is 0 Å². The number of aromatic nitrogens is 5. The first-order valence-corrected chi connectivity index (χ1v) is 6.29. The van der Waals surface area contributed by atoms with Gasteiger partial charge in [-0.15, -0.1) is 0 Å². The molecule has 3 rings (SSSR count). The van der Waals surface area contributed by atoms with Crippen molar-refractivity contribution in [3.63, 3.8) is 0 Å². The van der Waals surface area contributed by atoms with Crippen molar-refractivity contribution in [1.82, 2.24) is 14.1 Å². The van der Waals surface area contributed by atoms with Gasteiger partial charge in [0, 0.05) is 6.07 Å². The third kappa shape index (κ3) is 2.16. The third-order valence-electron chi connectivity index (χ3n) is 3.09. The summed E-state index contributed by atoms with van der Waals surface area (Å²) >= 11 is 0. The summed E-state index contributed by atoms with van der Waals surface area (Å²) in [4.78, 5) is 4.68. The average molecular weight is 271 g/mol. The SMILES string of the molecule is COc1ccc(-n2cc[n+](C)c2)nc1-n1cc[n+](C)c1. The van der Waals surface area contributed by atoms with Crippen LogP contribution in [0.5, 0.6) is 5.75 Å². The Morgan fingerprint density at radius 1 is 1.00 bits per heavy atom. The fourth-order valence-corrected chi connectivity index (χ4v) is 2.07. The van der Waals surface area contributed by atoms with Crippen molar-refractivity contribution in [3.8, 4) is 17.4 Å². The Morgan fingerprint density at radius 2 is 1.65 bits per heavy atom. The van der Waals surface area contributed by atoms with Crippen molar-refractivity contribution in [2.75, 3.05) is 7.11 Å². The first-order valence-electron chi connectivity index (χ1n) is 6.29. The monoisotopic (exact) mass is 271 g/mol. The molecular weight excluding hydrogens is 254 g/mol. The zero-order chi connectivity index (χ0) is 14.1. The number of hydrogen-bond acceptors (Lipinski definition) is 2. The highest BCUT2D eigenvalue weighted by molar-refractivity contribution is 5.44. The Kier molecular flexibility index (Phi) is 2.98. The van der Waals surface area contributed by atoms with Crippen LogP contribution in [0.2, 0.25) is 0 Å². The standard InChI is InChI=1S/C14H17N5O/c1-16-6-8-18(10-16)13-5-4-12(20-3)14(15-13)19-9-7-17(2)11-19/h4-11H,1-3H3/q+2. The molecule has 0 amide bonds. The van der Waals surface area contributed by atoms with E-state index in [-0.39, 0.29) is 0 Å². The van der Waals surface area contributed by atoms with Crippen molar-refractivity contribution in [1.29, 1.82) is 0 Å². The Labute approximate surface area is 117 Å². The second kappa shape index (κ2) is 4.80. The maximum atomic E-state index is 5.40. The van der Waals surface area contributed by atoms with E-state index in [2.05, 4.69) is 4.98 Å². The van der Waals surface area contributed by atoms with Gasteiger partial charge in [-0.2, -0.15) is 14.1 Å². The fraction of sp³-hybridized carbons (Fsp3) is 0.214. The van der Waals surface area contributed by atoms with E-state index in [1.165, 1.54) is 0 Å². The second-order valence-electron chi connectivity index (χ2n) is 4.67. The van der Waals surface area contributed by atoms with Gasteiger partial charge >= 0.3 is 0 Å². The van der Waals surface area contributed by atoms with Crippen LogP contribution in [0.3, 0.4) is 0 Å². The highest BCUT2D eigenvalue weighted by Gasteiger charge is 2.17. The van der Waals surface area contributed by atoms with Crippen LogP contribution in [-0.4, -0.2) is 21.2 Å². The van der Waals surface area contributed by atoms with E-state index >= 15 is 0 Å². The Hall–Kier alpha value is -2.63. The van der Waals surface area contributed by atoms with Crippen molar-refractivity contribution in [2.45, 2.75) is 0 Å². The Balaban J connectivity index is 2.12. The van der Waals surface area contributed by atoms with Crippen molar-refractivity contribution in [2.24, 2.45) is 14.1 Å². The summed E-state index contributed by atoms with van der Waals surface area (Å²) in [6, 6.07) is 3.86. The number of pyridine rings is 1. The van der Waals surface area contributed by atoms with E-state index in [1.54, 1.807) is 7.11 Å². The first kappa shape index (κ1) is 12.4. The van der Waals surface area contributed by atoms with Gasteiger partial charge in [-0.25, -0.2) is 9.13 Å². The van der Waals surface area contributed by atoms with Gasteiger partial charge in [-0.3, -0.25) is 0 Å². The molecule has 0 aromatic carbocycles. The summed E-state index contributed by atoms with van der Waals surface area (Å²) in [5.41, 5.74) is 0. The number of nitrogens with zero attached hydrogens (tertiary/aromatic N) is 5. The number of methoxy groups -OCH3 is 1. The smallest absolute Gasteiger partial charge is 0.272 e. The predicted molar refractivity (Wildman–Crippen MR) is 71.8 cm³/mol. The molecule has 0 aliphatic rings. The van der Waals surface area contributed by atoms with E-state index in [0.29, 0.717) is 0 Å². The van der Waals surface area contributed by atoms with Gasteiger partial charge in [-0.05, 0) is 6.07 Å². The Morgan fingerprint density at radius 3 is 2.20 bits per heavy atom. The molecule has 0 aliphatic carbocycles. The number of imidazole rings is 2. The average Bonchev–Trinajstić information content (AvgIpc) is 3.07. The van der Waals surface area contributed by atoms with Crippen LogP contribution >= 0.6 is 0 Å². The van der Waals surface area contributed by atoms with Gasteiger partial charge in [0.15, 0.2) is 5.75 Å². The molecule has 0 radical (unpaired) electrons. The quantitative estimate of drug-likeness (QED) is 0.644. The first-order chi connectivity index (χ1) is 9.67. The van der Waals surface area contributed by atoms with Crippen molar-refractivity contribution in [3.05, 3.63) is 49.6 Å². The van der Waals surface area contributed by atoms with E-state index in [1.807, 2.05) is 81.9 Å². The van der Waals surface area contributed by atoms with Crippen LogP contribution < -0.4 is 13.9 Å². The van der Waals surface area contributed by atoms with E-state index in [4.69, 9.17) is 4.74 Å². The molecule has 0 N–H and O–H groups in total. The van der Waals surface area contributed by atoms with Gasteiger partial charge < -0.3 is 4.74 Å². The highest BCUT2D eigenvalue weighted by atomic mass is 16.5. The molecule has 0 saturated heterocycles. The normalized spacial score (nSPS) is 10.8. The number of aryl methyl sites for hydroxylation is 2. The molecule has 0 unspecified atom stereocenters. The molecular formula is C14H17N5O+2. The topological polar surface area (TPSA) is 39.7 Å². The van der Waals surface area contributed by atoms with Crippen LogP contribution in [0.1, 0.15) is 0 Å². The molecule has 3 aromatic heterocycles. The molecule has 0 aliphatic heterocycles. The maximum Gasteiger partial charge on any atom is 0.272 e. The van der Waals surface area contributed by atoms with E-state index in [9.17, 15) is 0 Å². The number of rotatable bonds is 3. The Bertz CT molecular complexity index is 744. The summed E-state index contributed by atoms with van der Waals surface area (Å²) < 4.78 is 13.2. The molecule has 6 heteroatoms. The van der Waals surface area contributed by atoms with Crippen molar-refractivity contribution < 1.29 is 13.9 Å². The molecule has 20 heavy (non-hydrogen) atoms. The minimum absolute atomic E-state index is 0.737. The minimum Gasteiger partial charge on any atom is -0.491 e. The zero-order valence-electron chi connectivity index (χ0n) is 11.8. The predicted octanol–water partition coefficient (Wildman–Crippen LogP) is 0.321. The van der Waals surface area contributed by atoms with Crippen LogP contribution in [0, 0.1) is 0 Å². The van der Waals surface area contributed by atoms with Gasteiger partial charge in [0.05, 0.1) is 21.2 Å². The summed E-state index contributed by atoms with van der Waals surface area (Å²) in [7, 11) is 5.60. The van der Waals surface area contributed by atoms with Crippen LogP contribution in [0.4, 0.5) is 0 Å². The van der Waals surface area contributed by atoms with Gasteiger partial charge in [-0.1, -0.05) is 0 Å². The third-order valence-corrected chi connectivity index (χ3v) is 3.09. The lowest BCUT2D eigenvalue weighted by molar-refractivity contribution is -0.670. The van der Waals surface area contributed by atoms with E-state index in [0.717, 1.165) is 17.4 Å². The largest absolute Gasteiger partial charge is 0.491 e. The lowest BCUT2D eigenvalue weighted by Gasteiger charge is -2.04. The number of ether oxygens (including phenoxy) is 1. The molecule has 0 atom stereocenters. The number of hydrogen-bond donors (Lipinski definition) is 0. The molecule has 3 heterocycles.